The van der Waals surface area contributed by atoms with Crippen LogP contribution in [0.4, 0.5) is 0 Å². The van der Waals surface area contributed by atoms with Crippen molar-refractivity contribution in [2.24, 2.45) is 0 Å². The summed E-state index contributed by atoms with van der Waals surface area (Å²) < 4.78 is 11.7. The zero-order valence-corrected chi connectivity index (χ0v) is 16.8. The van der Waals surface area contributed by atoms with E-state index in [1.807, 2.05) is 86.6 Å². The molecule has 0 aliphatic carbocycles. The topological polar surface area (TPSA) is 55.8 Å². The van der Waals surface area contributed by atoms with Gasteiger partial charge in [0, 0.05) is 0 Å². The molecule has 4 heteroatoms. The number of carboxylic acid groups (broad SMARTS) is 1. The highest BCUT2D eigenvalue weighted by molar-refractivity contribution is 5.76. The van der Waals surface area contributed by atoms with Crippen LogP contribution in [0.2, 0.25) is 0 Å². The van der Waals surface area contributed by atoms with Crippen molar-refractivity contribution < 1.29 is 19.4 Å². The van der Waals surface area contributed by atoms with Gasteiger partial charge in [0.1, 0.15) is 24.7 Å². The molecule has 29 heavy (non-hydrogen) atoms. The van der Waals surface area contributed by atoms with Crippen molar-refractivity contribution in [1.82, 2.24) is 0 Å². The van der Waals surface area contributed by atoms with Crippen LogP contribution in [0.5, 0.6) is 11.5 Å². The average molecular weight is 390 g/mol. The van der Waals surface area contributed by atoms with E-state index in [0.29, 0.717) is 25.4 Å². The maximum atomic E-state index is 11.7. The van der Waals surface area contributed by atoms with Gasteiger partial charge in [-0.3, -0.25) is 4.79 Å². The Morgan fingerprint density at radius 1 is 0.862 bits per heavy atom. The normalized spacial score (nSPS) is 11.7. The number of hydrogen-bond acceptors (Lipinski definition) is 3. The molecule has 0 spiro atoms. The number of hydrogen-bond donors (Lipinski definition) is 1. The third-order valence-electron chi connectivity index (χ3n) is 4.85. The minimum atomic E-state index is -0.829. The van der Waals surface area contributed by atoms with Gasteiger partial charge in [-0.1, -0.05) is 60.7 Å². The molecule has 0 radical (unpaired) electrons. The number of aryl methyl sites for hydroxylation is 2. The molecule has 150 valence electrons. The summed E-state index contributed by atoms with van der Waals surface area (Å²) in [6, 6.07) is 23.0. The molecule has 0 aliphatic rings. The second-order valence-corrected chi connectivity index (χ2v) is 7.07. The van der Waals surface area contributed by atoms with Gasteiger partial charge in [-0.25, -0.2) is 0 Å². The van der Waals surface area contributed by atoms with Crippen molar-refractivity contribution >= 4 is 5.97 Å². The largest absolute Gasteiger partial charge is 0.490 e. The van der Waals surface area contributed by atoms with Crippen LogP contribution < -0.4 is 9.47 Å². The third kappa shape index (κ3) is 5.61. The molecule has 1 unspecified atom stereocenters. The van der Waals surface area contributed by atoms with Gasteiger partial charge in [-0.15, -0.1) is 0 Å². The number of para-hydroxylation sites is 1. The van der Waals surface area contributed by atoms with Crippen LogP contribution in [0.25, 0.3) is 0 Å². The van der Waals surface area contributed by atoms with E-state index in [2.05, 4.69) is 0 Å². The van der Waals surface area contributed by atoms with E-state index in [4.69, 9.17) is 9.47 Å². The van der Waals surface area contributed by atoms with Gasteiger partial charge in [0.15, 0.2) is 0 Å². The molecule has 4 nitrogen and oxygen atoms in total. The van der Waals surface area contributed by atoms with Gasteiger partial charge in [-0.2, -0.15) is 0 Å². The first-order valence-electron chi connectivity index (χ1n) is 9.73. The van der Waals surface area contributed by atoms with E-state index in [9.17, 15) is 9.90 Å². The molecule has 0 bridgehead atoms. The van der Waals surface area contributed by atoms with Gasteiger partial charge >= 0.3 is 5.97 Å². The Hall–Kier alpha value is -3.27. The fraction of sp³-hybridized carbons (Fsp3) is 0.240. The third-order valence-corrected chi connectivity index (χ3v) is 4.85. The lowest BCUT2D eigenvalue weighted by Gasteiger charge is -2.15. The summed E-state index contributed by atoms with van der Waals surface area (Å²) in [6.07, 6.45) is 0.412. The van der Waals surface area contributed by atoms with Crippen molar-refractivity contribution in [3.63, 3.8) is 0 Å². The Kier molecular flexibility index (Phi) is 6.90. The summed E-state index contributed by atoms with van der Waals surface area (Å²) in [5.74, 6) is 0.199. The summed E-state index contributed by atoms with van der Waals surface area (Å²) in [5, 5.41) is 9.64. The quantitative estimate of drug-likeness (QED) is 0.512. The second kappa shape index (κ2) is 9.78. The maximum absolute atomic E-state index is 11.7. The minimum absolute atomic E-state index is 0.412. The van der Waals surface area contributed by atoms with Crippen LogP contribution in [-0.2, 0) is 11.2 Å². The zero-order valence-electron chi connectivity index (χ0n) is 16.8. The van der Waals surface area contributed by atoms with Crippen molar-refractivity contribution in [3.05, 3.63) is 95.1 Å². The van der Waals surface area contributed by atoms with Gasteiger partial charge in [0.25, 0.3) is 0 Å². The monoisotopic (exact) mass is 390 g/mol. The number of carboxylic acids is 1. The first-order valence-corrected chi connectivity index (χ1v) is 9.73. The van der Waals surface area contributed by atoms with Crippen molar-refractivity contribution in [1.29, 1.82) is 0 Å². The first kappa shape index (κ1) is 20.5. The summed E-state index contributed by atoms with van der Waals surface area (Å²) >= 11 is 0. The van der Waals surface area contributed by atoms with Gasteiger partial charge in [-0.05, 0) is 54.7 Å². The molecular weight excluding hydrogens is 364 g/mol. The Morgan fingerprint density at radius 2 is 1.52 bits per heavy atom. The Bertz CT molecular complexity index is 930. The standard InChI is InChI=1S/C25H26O4/c1-18-8-6-9-19(2)24(18)29-15-14-28-22-13-7-10-20(16-22)17-23(25(26)27)21-11-4-3-5-12-21/h3-13,16,23H,14-15,17H2,1-2H3,(H,26,27). The molecule has 3 aromatic rings. The predicted molar refractivity (Wildman–Crippen MR) is 114 cm³/mol. The number of ether oxygens (including phenoxy) is 2. The van der Waals surface area contributed by atoms with Crippen LogP contribution in [0.3, 0.4) is 0 Å². The average Bonchev–Trinajstić information content (AvgIpc) is 2.72. The zero-order chi connectivity index (χ0) is 20.6. The highest BCUT2D eigenvalue weighted by atomic mass is 16.5. The fourth-order valence-corrected chi connectivity index (χ4v) is 3.36. The summed E-state index contributed by atoms with van der Waals surface area (Å²) in [5.41, 5.74) is 3.93. The van der Waals surface area contributed by atoms with Crippen LogP contribution in [-0.4, -0.2) is 24.3 Å². The van der Waals surface area contributed by atoms with Crippen LogP contribution in [0.1, 0.15) is 28.2 Å². The highest BCUT2D eigenvalue weighted by Crippen LogP contribution is 2.24. The predicted octanol–water partition coefficient (Wildman–Crippen LogP) is 5.17. The van der Waals surface area contributed by atoms with Gasteiger partial charge in [0.05, 0.1) is 5.92 Å². The lowest BCUT2D eigenvalue weighted by molar-refractivity contribution is -0.138. The molecule has 1 atom stereocenters. The van der Waals surface area contributed by atoms with E-state index in [1.165, 1.54) is 0 Å². The molecule has 0 heterocycles. The highest BCUT2D eigenvalue weighted by Gasteiger charge is 2.20. The molecule has 0 saturated carbocycles. The molecule has 1 N–H and O–H groups in total. The summed E-state index contributed by atoms with van der Waals surface area (Å²) in [4.78, 5) is 11.7. The second-order valence-electron chi connectivity index (χ2n) is 7.07. The number of benzene rings is 3. The number of aliphatic carboxylic acids is 1. The Labute approximate surface area is 171 Å². The molecule has 0 saturated heterocycles. The van der Waals surface area contributed by atoms with Crippen molar-refractivity contribution in [2.45, 2.75) is 26.2 Å². The van der Waals surface area contributed by atoms with E-state index in [-0.39, 0.29) is 0 Å². The molecule has 3 rings (SSSR count). The minimum Gasteiger partial charge on any atom is -0.490 e. The summed E-state index contributed by atoms with van der Waals surface area (Å²) in [7, 11) is 0. The van der Waals surface area contributed by atoms with Crippen LogP contribution >= 0.6 is 0 Å². The maximum Gasteiger partial charge on any atom is 0.311 e. The lowest BCUT2D eigenvalue weighted by Crippen LogP contribution is -2.14. The van der Waals surface area contributed by atoms with E-state index in [1.54, 1.807) is 0 Å². The van der Waals surface area contributed by atoms with E-state index < -0.39 is 11.9 Å². The molecular formula is C25H26O4. The van der Waals surface area contributed by atoms with Crippen molar-refractivity contribution in [3.8, 4) is 11.5 Å². The molecule has 0 amide bonds. The van der Waals surface area contributed by atoms with E-state index in [0.717, 1.165) is 28.0 Å². The lowest BCUT2D eigenvalue weighted by atomic mass is 9.92. The Morgan fingerprint density at radius 3 is 2.21 bits per heavy atom. The van der Waals surface area contributed by atoms with Crippen LogP contribution in [0, 0.1) is 13.8 Å². The first-order chi connectivity index (χ1) is 14.0. The van der Waals surface area contributed by atoms with E-state index >= 15 is 0 Å². The molecule has 0 aliphatic heterocycles. The number of rotatable bonds is 9. The number of carbonyl (C=O) groups is 1. The molecule has 0 aromatic heterocycles. The van der Waals surface area contributed by atoms with Gasteiger partial charge in [0.2, 0.25) is 0 Å². The van der Waals surface area contributed by atoms with Crippen molar-refractivity contribution in [2.75, 3.05) is 13.2 Å². The summed E-state index contributed by atoms with van der Waals surface area (Å²) in [6.45, 7) is 4.91. The fourth-order valence-electron chi connectivity index (χ4n) is 3.36. The Balaban J connectivity index is 1.58. The van der Waals surface area contributed by atoms with Crippen LogP contribution in [0.15, 0.2) is 72.8 Å². The molecule has 3 aromatic carbocycles. The SMILES string of the molecule is Cc1cccc(C)c1OCCOc1cccc(CC(C(=O)O)c2ccccc2)c1. The molecule has 0 fully saturated rings. The van der Waals surface area contributed by atoms with Gasteiger partial charge < -0.3 is 14.6 Å². The smallest absolute Gasteiger partial charge is 0.311 e.